The third-order valence-corrected chi connectivity index (χ3v) is 9.54. The van der Waals surface area contributed by atoms with Crippen molar-refractivity contribution in [2.45, 2.75) is 19.3 Å². The van der Waals surface area contributed by atoms with E-state index in [-0.39, 0.29) is 5.41 Å². The average molecular weight is 566 g/mol. The minimum Gasteiger partial charge on any atom is -0.317 e. The van der Waals surface area contributed by atoms with Crippen molar-refractivity contribution in [1.82, 2.24) is 9.13 Å². The van der Waals surface area contributed by atoms with Crippen LogP contribution in [0.25, 0.3) is 44.1 Å². The van der Waals surface area contributed by atoms with Gasteiger partial charge in [-0.15, -0.1) is 0 Å². The largest absolute Gasteiger partial charge is 0.317 e. The zero-order chi connectivity index (χ0) is 29.4. The van der Waals surface area contributed by atoms with Crippen molar-refractivity contribution in [2.75, 3.05) is 4.90 Å². The molecule has 1 aliphatic rings. The summed E-state index contributed by atoms with van der Waals surface area (Å²) in [6.45, 7) is 4.66. The summed E-state index contributed by atoms with van der Waals surface area (Å²) < 4.78 is 4.69. The Kier molecular flexibility index (Phi) is 5.24. The standard InChI is InChI=1S/C41H31N3/c1-41(2)33-15-7-10-18-37(33)44(38-19-11-8-16-34(38)41)30-22-20-29(21-23-30)43-36-17-9-6-14-31(36)40-32-26-27-42(28-12-4-3-5-13-28)35(32)24-25-39(40)43/h3-27H,1-2H3. The highest BCUT2D eigenvalue weighted by Gasteiger charge is 2.36. The van der Waals surface area contributed by atoms with E-state index in [9.17, 15) is 0 Å². The van der Waals surface area contributed by atoms with Gasteiger partial charge in [-0.3, -0.25) is 0 Å². The molecular formula is C41H31N3. The number of rotatable bonds is 3. The fraction of sp³-hybridized carbons (Fsp3) is 0.0732. The van der Waals surface area contributed by atoms with Crippen molar-refractivity contribution in [3.8, 4) is 11.4 Å². The molecule has 0 N–H and O–H groups in total. The highest BCUT2D eigenvalue weighted by molar-refractivity contribution is 6.21. The maximum Gasteiger partial charge on any atom is 0.0548 e. The van der Waals surface area contributed by atoms with E-state index in [2.05, 4.69) is 180 Å². The summed E-state index contributed by atoms with van der Waals surface area (Å²) in [7, 11) is 0. The van der Waals surface area contributed by atoms with Gasteiger partial charge in [-0.1, -0.05) is 86.6 Å². The summed E-state index contributed by atoms with van der Waals surface area (Å²) in [6, 6.07) is 52.9. The first-order valence-electron chi connectivity index (χ1n) is 15.3. The van der Waals surface area contributed by atoms with E-state index < -0.39 is 0 Å². The molecule has 210 valence electrons. The second kappa shape index (κ2) is 9.23. The molecule has 0 unspecified atom stereocenters. The molecule has 0 fully saturated rings. The number of anilines is 3. The Hall–Kier alpha value is -5.54. The highest BCUT2D eigenvalue weighted by atomic mass is 15.2. The van der Waals surface area contributed by atoms with Crippen molar-refractivity contribution in [3.63, 3.8) is 0 Å². The van der Waals surface area contributed by atoms with Crippen molar-refractivity contribution >= 4 is 49.8 Å². The Morgan fingerprint density at radius 3 is 1.73 bits per heavy atom. The first kappa shape index (κ1) is 25.0. The Balaban J connectivity index is 1.22. The zero-order valence-electron chi connectivity index (χ0n) is 24.8. The minimum absolute atomic E-state index is 0.0720. The van der Waals surface area contributed by atoms with Crippen LogP contribution in [0.1, 0.15) is 25.0 Å². The third-order valence-electron chi connectivity index (χ3n) is 9.54. The molecular weight excluding hydrogens is 534 g/mol. The molecule has 0 atom stereocenters. The van der Waals surface area contributed by atoms with Gasteiger partial charge >= 0.3 is 0 Å². The SMILES string of the molecule is CC1(C)c2ccccc2N(c2ccc(-n3c4ccccc4c4c5ccn(-c6ccccc6)c5ccc43)cc2)c2ccccc21. The Bertz CT molecular complexity index is 2300. The lowest BCUT2D eigenvalue weighted by Gasteiger charge is -2.42. The Labute approximate surface area is 256 Å². The number of benzene rings is 6. The van der Waals surface area contributed by atoms with Gasteiger partial charge in [-0.2, -0.15) is 0 Å². The molecule has 9 rings (SSSR count). The normalized spacial score (nSPS) is 13.8. The lowest BCUT2D eigenvalue weighted by molar-refractivity contribution is 0.632. The van der Waals surface area contributed by atoms with Gasteiger partial charge < -0.3 is 14.0 Å². The van der Waals surface area contributed by atoms with Gasteiger partial charge in [0.25, 0.3) is 0 Å². The smallest absolute Gasteiger partial charge is 0.0548 e. The van der Waals surface area contributed by atoms with E-state index in [1.807, 2.05) is 0 Å². The van der Waals surface area contributed by atoms with E-state index in [1.165, 1.54) is 60.9 Å². The van der Waals surface area contributed by atoms with Crippen molar-refractivity contribution in [3.05, 3.63) is 163 Å². The van der Waals surface area contributed by atoms with Crippen LogP contribution in [0.2, 0.25) is 0 Å². The van der Waals surface area contributed by atoms with Crippen LogP contribution in [0.15, 0.2) is 152 Å². The maximum atomic E-state index is 2.42. The van der Waals surface area contributed by atoms with E-state index >= 15 is 0 Å². The number of para-hydroxylation sites is 4. The van der Waals surface area contributed by atoms with E-state index in [0.29, 0.717) is 0 Å². The molecule has 3 heterocycles. The van der Waals surface area contributed by atoms with Crippen LogP contribution in [0, 0.1) is 0 Å². The van der Waals surface area contributed by atoms with E-state index in [4.69, 9.17) is 0 Å². The van der Waals surface area contributed by atoms with Gasteiger partial charge in [0, 0.05) is 44.8 Å². The van der Waals surface area contributed by atoms with Gasteiger partial charge in [-0.25, -0.2) is 0 Å². The second-order valence-corrected chi connectivity index (χ2v) is 12.3. The molecule has 6 aromatic carbocycles. The lowest BCUT2D eigenvalue weighted by atomic mass is 9.73. The van der Waals surface area contributed by atoms with Crippen molar-refractivity contribution < 1.29 is 0 Å². The molecule has 0 aliphatic carbocycles. The van der Waals surface area contributed by atoms with Gasteiger partial charge in [0.05, 0.1) is 27.9 Å². The van der Waals surface area contributed by atoms with Crippen molar-refractivity contribution in [1.29, 1.82) is 0 Å². The number of aromatic nitrogens is 2. The van der Waals surface area contributed by atoms with Gasteiger partial charge in [0.15, 0.2) is 0 Å². The molecule has 44 heavy (non-hydrogen) atoms. The van der Waals surface area contributed by atoms with Crippen LogP contribution in [0.5, 0.6) is 0 Å². The summed E-state index contributed by atoms with van der Waals surface area (Å²) in [5.74, 6) is 0. The number of hydrogen-bond acceptors (Lipinski definition) is 1. The quantitative estimate of drug-likeness (QED) is 0.208. The maximum absolute atomic E-state index is 2.42. The van der Waals surface area contributed by atoms with Crippen LogP contribution in [0.3, 0.4) is 0 Å². The van der Waals surface area contributed by atoms with E-state index in [0.717, 1.165) is 11.4 Å². The summed E-state index contributed by atoms with van der Waals surface area (Å²) in [6.07, 6.45) is 2.19. The summed E-state index contributed by atoms with van der Waals surface area (Å²) >= 11 is 0. The average Bonchev–Trinajstić information content (AvgIpc) is 3.65. The number of nitrogens with zero attached hydrogens (tertiary/aromatic N) is 3. The number of hydrogen-bond donors (Lipinski definition) is 0. The molecule has 3 heteroatoms. The number of fused-ring (bicyclic) bond motifs is 7. The van der Waals surface area contributed by atoms with Crippen LogP contribution >= 0.6 is 0 Å². The predicted molar refractivity (Wildman–Crippen MR) is 184 cm³/mol. The molecule has 1 aliphatic heterocycles. The summed E-state index contributed by atoms with van der Waals surface area (Å²) in [5, 5.41) is 3.82. The fourth-order valence-electron chi connectivity index (χ4n) is 7.47. The topological polar surface area (TPSA) is 13.1 Å². The van der Waals surface area contributed by atoms with Gasteiger partial charge in [0.2, 0.25) is 0 Å². The summed E-state index contributed by atoms with van der Waals surface area (Å²) in [5.41, 5.74) is 12.2. The fourth-order valence-corrected chi connectivity index (χ4v) is 7.47. The van der Waals surface area contributed by atoms with Crippen LogP contribution < -0.4 is 4.90 Å². The summed E-state index contributed by atoms with van der Waals surface area (Å²) in [4.78, 5) is 2.42. The molecule has 0 amide bonds. The molecule has 2 aromatic heterocycles. The molecule has 0 saturated carbocycles. The molecule has 3 nitrogen and oxygen atoms in total. The van der Waals surface area contributed by atoms with E-state index in [1.54, 1.807) is 0 Å². The Morgan fingerprint density at radius 1 is 0.432 bits per heavy atom. The Morgan fingerprint density at radius 2 is 1.00 bits per heavy atom. The molecule has 0 radical (unpaired) electrons. The zero-order valence-corrected chi connectivity index (χ0v) is 24.8. The van der Waals surface area contributed by atoms with Crippen molar-refractivity contribution in [2.24, 2.45) is 0 Å². The molecule has 0 bridgehead atoms. The molecule has 0 spiro atoms. The van der Waals surface area contributed by atoms with Gasteiger partial charge in [0.1, 0.15) is 0 Å². The molecule has 0 saturated heterocycles. The highest BCUT2D eigenvalue weighted by Crippen LogP contribution is 2.51. The monoisotopic (exact) mass is 565 g/mol. The van der Waals surface area contributed by atoms with Crippen LogP contribution in [-0.4, -0.2) is 9.13 Å². The minimum atomic E-state index is -0.0720. The first-order valence-corrected chi connectivity index (χ1v) is 15.3. The van der Waals surface area contributed by atoms with Gasteiger partial charge in [-0.05, 0) is 83.9 Å². The first-order chi connectivity index (χ1) is 21.6. The lowest BCUT2D eigenvalue weighted by Crippen LogP contribution is -2.30. The van der Waals surface area contributed by atoms with Crippen LogP contribution in [0.4, 0.5) is 17.1 Å². The predicted octanol–water partition coefficient (Wildman–Crippen LogP) is 10.8. The second-order valence-electron chi connectivity index (χ2n) is 12.3. The van der Waals surface area contributed by atoms with Crippen LogP contribution in [-0.2, 0) is 5.41 Å². The third kappa shape index (κ3) is 3.44. The molecule has 8 aromatic rings.